The number of phenolic OH excluding ortho intramolecular Hbond substituents is 2. The predicted octanol–water partition coefficient (Wildman–Crippen LogP) is 2.50. The van der Waals surface area contributed by atoms with E-state index in [0.29, 0.717) is 11.1 Å². The summed E-state index contributed by atoms with van der Waals surface area (Å²) in [4.78, 5) is 0. The molecule has 0 radical (unpaired) electrons. The van der Waals surface area contributed by atoms with Crippen LogP contribution in [0.2, 0.25) is 0 Å². The number of sulfone groups is 1. The maximum atomic E-state index is 12.8. The van der Waals surface area contributed by atoms with Crippen LogP contribution in [-0.2, 0) is 9.84 Å². The molecule has 0 spiro atoms. The van der Waals surface area contributed by atoms with Crippen LogP contribution < -0.4 is 11.5 Å². The molecule has 23 heavy (non-hydrogen) atoms. The molecule has 124 valence electrons. The molecule has 0 aliphatic carbocycles. The first-order valence-corrected chi connectivity index (χ1v) is 8.65. The lowest BCUT2D eigenvalue weighted by Gasteiger charge is -2.20. The first kappa shape index (κ1) is 17.0. The minimum Gasteiger partial charge on any atom is -0.506 e. The molecular formula is C16H20N2O4S. The fourth-order valence-electron chi connectivity index (χ4n) is 2.34. The van der Waals surface area contributed by atoms with Crippen molar-refractivity contribution < 1.29 is 18.6 Å². The van der Waals surface area contributed by atoms with E-state index in [1.165, 1.54) is 36.4 Å². The van der Waals surface area contributed by atoms with Crippen LogP contribution in [0, 0.1) is 0 Å². The van der Waals surface area contributed by atoms with Crippen molar-refractivity contribution in [3.63, 3.8) is 0 Å². The Kier molecular flexibility index (Phi) is 4.42. The third kappa shape index (κ3) is 3.19. The zero-order valence-electron chi connectivity index (χ0n) is 12.9. The van der Waals surface area contributed by atoms with Crippen molar-refractivity contribution in [1.29, 1.82) is 0 Å². The number of phenols is 2. The van der Waals surface area contributed by atoms with Crippen LogP contribution in [0.15, 0.2) is 36.4 Å². The summed E-state index contributed by atoms with van der Waals surface area (Å²) in [6, 6.07) is 8.72. The summed E-state index contributed by atoms with van der Waals surface area (Å²) in [5, 5.41) is 17.3. The van der Waals surface area contributed by atoms with Gasteiger partial charge in [-0.25, -0.2) is 8.42 Å². The van der Waals surface area contributed by atoms with E-state index in [1.807, 2.05) is 0 Å². The second kappa shape index (κ2) is 6.00. The van der Waals surface area contributed by atoms with Crippen molar-refractivity contribution in [3.8, 4) is 11.5 Å². The van der Waals surface area contributed by atoms with Crippen LogP contribution >= 0.6 is 0 Å². The largest absolute Gasteiger partial charge is 0.506 e. The summed E-state index contributed by atoms with van der Waals surface area (Å²) in [5.74, 6) is -0.171. The molecule has 0 aromatic heterocycles. The minimum atomic E-state index is -3.58. The second-order valence-corrected chi connectivity index (χ2v) is 8.10. The van der Waals surface area contributed by atoms with Gasteiger partial charge in [-0.2, -0.15) is 0 Å². The van der Waals surface area contributed by atoms with E-state index in [1.54, 1.807) is 13.8 Å². The van der Waals surface area contributed by atoms with Crippen LogP contribution in [0.25, 0.3) is 0 Å². The summed E-state index contributed by atoms with van der Waals surface area (Å²) in [6.07, 6.45) is 0. The molecular weight excluding hydrogens is 316 g/mol. The van der Waals surface area contributed by atoms with Crippen molar-refractivity contribution in [2.24, 2.45) is 0 Å². The summed E-state index contributed by atoms with van der Waals surface area (Å²) in [7, 11) is -3.58. The van der Waals surface area contributed by atoms with Gasteiger partial charge in [0.1, 0.15) is 11.5 Å². The lowest BCUT2D eigenvalue weighted by molar-refractivity contribution is 0.477. The molecule has 0 fully saturated rings. The Balaban J connectivity index is 2.39. The van der Waals surface area contributed by atoms with Gasteiger partial charge in [-0.1, -0.05) is 12.1 Å². The van der Waals surface area contributed by atoms with Crippen molar-refractivity contribution >= 4 is 21.2 Å². The van der Waals surface area contributed by atoms with Gasteiger partial charge in [-0.05, 0) is 49.2 Å². The number of nitrogens with two attached hydrogens (primary N) is 2. The molecule has 2 unspecified atom stereocenters. The maximum Gasteiger partial charge on any atom is 0.163 e. The van der Waals surface area contributed by atoms with Crippen LogP contribution in [0.5, 0.6) is 11.5 Å². The standard InChI is InChI=1S/C16H20N2O4S/c1-9(11-3-5-15(19)13(17)7-11)23(21,22)10(2)12-4-6-16(20)14(18)8-12/h3-10,19-20H,17-18H2,1-2H3. The Morgan fingerprint density at radius 2 is 1.17 bits per heavy atom. The molecule has 2 rings (SSSR count). The predicted molar refractivity (Wildman–Crippen MR) is 90.8 cm³/mol. The van der Waals surface area contributed by atoms with Gasteiger partial charge >= 0.3 is 0 Å². The van der Waals surface area contributed by atoms with Gasteiger partial charge in [0.25, 0.3) is 0 Å². The van der Waals surface area contributed by atoms with Crippen LogP contribution in [0.3, 0.4) is 0 Å². The van der Waals surface area contributed by atoms with Crippen molar-refractivity contribution in [2.45, 2.75) is 24.3 Å². The monoisotopic (exact) mass is 336 g/mol. The van der Waals surface area contributed by atoms with Crippen molar-refractivity contribution in [1.82, 2.24) is 0 Å². The van der Waals surface area contributed by atoms with Gasteiger partial charge in [0.2, 0.25) is 0 Å². The zero-order valence-corrected chi connectivity index (χ0v) is 13.7. The number of benzene rings is 2. The lowest BCUT2D eigenvalue weighted by Crippen LogP contribution is -2.17. The lowest BCUT2D eigenvalue weighted by atomic mass is 10.1. The number of anilines is 2. The number of aromatic hydroxyl groups is 2. The van der Waals surface area contributed by atoms with Crippen LogP contribution in [-0.4, -0.2) is 18.6 Å². The first-order chi connectivity index (χ1) is 10.6. The van der Waals surface area contributed by atoms with E-state index in [0.717, 1.165) is 0 Å². The van der Waals surface area contributed by atoms with E-state index in [9.17, 15) is 18.6 Å². The van der Waals surface area contributed by atoms with E-state index in [4.69, 9.17) is 11.5 Å². The number of nitrogen functional groups attached to an aromatic ring is 2. The van der Waals surface area contributed by atoms with Gasteiger partial charge in [-0.3, -0.25) is 0 Å². The van der Waals surface area contributed by atoms with Gasteiger partial charge in [-0.15, -0.1) is 0 Å². The summed E-state index contributed by atoms with van der Waals surface area (Å²) >= 11 is 0. The van der Waals surface area contributed by atoms with Gasteiger partial charge in [0.15, 0.2) is 9.84 Å². The molecule has 6 nitrogen and oxygen atoms in total. The van der Waals surface area contributed by atoms with Crippen molar-refractivity contribution in [3.05, 3.63) is 47.5 Å². The summed E-state index contributed by atoms with van der Waals surface area (Å²) in [6.45, 7) is 3.14. The first-order valence-electron chi connectivity index (χ1n) is 7.04. The van der Waals surface area contributed by atoms with E-state index in [-0.39, 0.29) is 22.9 Å². The highest BCUT2D eigenvalue weighted by molar-refractivity contribution is 7.91. The molecule has 6 N–H and O–H groups in total. The highest BCUT2D eigenvalue weighted by Crippen LogP contribution is 2.37. The topological polar surface area (TPSA) is 127 Å². The molecule has 0 aliphatic heterocycles. The average molecular weight is 336 g/mol. The molecule has 0 amide bonds. The molecule has 0 saturated heterocycles. The van der Waals surface area contributed by atoms with Crippen LogP contribution in [0.4, 0.5) is 11.4 Å². The quantitative estimate of drug-likeness (QED) is 0.502. The van der Waals surface area contributed by atoms with Crippen LogP contribution in [0.1, 0.15) is 35.5 Å². The Morgan fingerprint density at radius 1 is 0.826 bits per heavy atom. The summed E-state index contributed by atoms with van der Waals surface area (Å²) in [5.41, 5.74) is 12.5. The molecule has 0 heterocycles. The minimum absolute atomic E-state index is 0.0855. The highest BCUT2D eigenvalue weighted by Gasteiger charge is 2.30. The number of hydrogen-bond acceptors (Lipinski definition) is 6. The molecule has 0 saturated carbocycles. The van der Waals surface area contributed by atoms with Crippen molar-refractivity contribution in [2.75, 3.05) is 11.5 Å². The smallest absolute Gasteiger partial charge is 0.163 e. The maximum absolute atomic E-state index is 12.8. The molecule has 2 aromatic rings. The normalized spacial score (nSPS) is 14.3. The second-order valence-electron chi connectivity index (χ2n) is 5.51. The number of hydrogen-bond donors (Lipinski definition) is 4. The molecule has 0 aliphatic rings. The molecule has 0 bridgehead atoms. The molecule has 2 atom stereocenters. The Morgan fingerprint density at radius 3 is 1.48 bits per heavy atom. The fourth-order valence-corrected chi connectivity index (χ4v) is 4.00. The fraction of sp³-hybridized carbons (Fsp3) is 0.250. The van der Waals surface area contributed by atoms with Gasteiger partial charge < -0.3 is 21.7 Å². The Hall–Kier alpha value is -2.41. The van der Waals surface area contributed by atoms with Gasteiger partial charge in [0, 0.05) is 0 Å². The Labute approximate surface area is 135 Å². The third-order valence-electron chi connectivity index (χ3n) is 4.03. The summed E-state index contributed by atoms with van der Waals surface area (Å²) < 4.78 is 25.6. The van der Waals surface area contributed by atoms with Gasteiger partial charge in [0.05, 0.1) is 21.9 Å². The third-order valence-corrected chi connectivity index (χ3v) is 6.54. The van der Waals surface area contributed by atoms with E-state index in [2.05, 4.69) is 0 Å². The number of rotatable bonds is 4. The SMILES string of the molecule is CC(c1ccc(O)c(N)c1)S(=O)(=O)C(C)c1ccc(O)c(N)c1. The highest BCUT2D eigenvalue weighted by atomic mass is 32.2. The van der Waals surface area contributed by atoms with E-state index >= 15 is 0 Å². The zero-order chi connectivity index (χ0) is 17.4. The average Bonchev–Trinajstić information content (AvgIpc) is 2.51. The molecule has 7 heteroatoms. The van der Waals surface area contributed by atoms with E-state index < -0.39 is 20.3 Å². The molecule has 2 aromatic carbocycles. The Bertz CT molecular complexity index is 770.